The standard InChI is InChI=1S/C13H20N4S/c1-13(2,3)11-9-18-12(15-11)8-14-7-10-5-6-17(4)16-10/h5-6,9,14H,7-8H2,1-4H3. The molecule has 0 aliphatic rings. The molecule has 2 rings (SSSR count). The first-order valence-electron chi connectivity index (χ1n) is 6.09. The lowest BCUT2D eigenvalue weighted by Crippen LogP contribution is -2.15. The summed E-state index contributed by atoms with van der Waals surface area (Å²) in [6.07, 6.45) is 1.96. The van der Waals surface area contributed by atoms with Crippen molar-refractivity contribution in [1.29, 1.82) is 0 Å². The molecule has 0 fully saturated rings. The van der Waals surface area contributed by atoms with E-state index in [2.05, 4.69) is 41.6 Å². The van der Waals surface area contributed by atoms with Gasteiger partial charge in [0.15, 0.2) is 0 Å². The number of aryl methyl sites for hydroxylation is 1. The highest BCUT2D eigenvalue weighted by Crippen LogP contribution is 2.23. The number of nitrogens with one attached hydrogen (secondary N) is 1. The molecular weight excluding hydrogens is 244 g/mol. The second kappa shape index (κ2) is 5.20. The summed E-state index contributed by atoms with van der Waals surface area (Å²) >= 11 is 1.72. The van der Waals surface area contributed by atoms with E-state index in [9.17, 15) is 0 Å². The second-order valence-electron chi connectivity index (χ2n) is 5.46. The van der Waals surface area contributed by atoms with Crippen LogP contribution in [0.1, 0.15) is 37.2 Å². The third kappa shape index (κ3) is 3.40. The molecule has 2 heterocycles. The highest BCUT2D eigenvalue weighted by Gasteiger charge is 2.17. The van der Waals surface area contributed by atoms with E-state index in [1.165, 1.54) is 5.69 Å². The Morgan fingerprint density at radius 3 is 2.67 bits per heavy atom. The molecule has 98 valence electrons. The number of hydrogen-bond acceptors (Lipinski definition) is 4. The first-order valence-corrected chi connectivity index (χ1v) is 6.97. The van der Waals surface area contributed by atoms with Crippen LogP contribution in [0.25, 0.3) is 0 Å². The van der Waals surface area contributed by atoms with Gasteiger partial charge in [0.1, 0.15) is 5.01 Å². The summed E-state index contributed by atoms with van der Waals surface area (Å²) < 4.78 is 1.82. The predicted octanol–water partition coefficient (Wildman–Crippen LogP) is 2.46. The molecule has 0 radical (unpaired) electrons. The van der Waals surface area contributed by atoms with Crippen LogP contribution >= 0.6 is 11.3 Å². The number of nitrogens with zero attached hydrogens (tertiary/aromatic N) is 3. The van der Waals surface area contributed by atoms with Gasteiger partial charge in [0.2, 0.25) is 0 Å². The summed E-state index contributed by atoms with van der Waals surface area (Å²) in [6.45, 7) is 8.15. The normalized spacial score (nSPS) is 12.0. The van der Waals surface area contributed by atoms with Gasteiger partial charge in [-0.15, -0.1) is 11.3 Å². The molecule has 0 aliphatic carbocycles. The van der Waals surface area contributed by atoms with Crippen molar-refractivity contribution in [3.63, 3.8) is 0 Å². The van der Waals surface area contributed by atoms with Gasteiger partial charge in [-0.25, -0.2) is 4.98 Å². The smallest absolute Gasteiger partial charge is 0.107 e. The summed E-state index contributed by atoms with van der Waals surface area (Å²) in [5.74, 6) is 0. The van der Waals surface area contributed by atoms with Crippen molar-refractivity contribution in [2.45, 2.75) is 39.3 Å². The highest BCUT2D eigenvalue weighted by molar-refractivity contribution is 7.09. The largest absolute Gasteiger partial charge is 0.305 e. The Morgan fingerprint density at radius 2 is 2.11 bits per heavy atom. The molecule has 4 nitrogen and oxygen atoms in total. The monoisotopic (exact) mass is 264 g/mol. The van der Waals surface area contributed by atoms with Gasteiger partial charge in [-0.2, -0.15) is 5.10 Å². The molecule has 0 amide bonds. The van der Waals surface area contributed by atoms with Gasteiger partial charge < -0.3 is 5.32 Å². The van der Waals surface area contributed by atoms with Crippen LogP contribution in [0.15, 0.2) is 17.6 Å². The Balaban J connectivity index is 1.85. The van der Waals surface area contributed by atoms with Gasteiger partial charge >= 0.3 is 0 Å². The van der Waals surface area contributed by atoms with Crippen LogP contribution in [-0.4, -0.2) is 14.8 Å². The minimum absolute atomic E-state index is 0.135. The first-order chi connectivity index (χ1) is 8.45. The van der Waals surface area contributed by atoms with E-state index in [1.807, 2.05) is 24.0 Å². The summed E-state index contributed by atoms with van der Waals surface area (Å²) in [4.78, 5) is 4.65. The van der Waals surface area contributed by atoms with Crippen molar-refractivity contribution >= 4 is 11.3 Å². The summed E-state index contributed by atoms with van der Waals surface area (Å²) in [5, 5.41) is 11.0. The van der Waals surface area contributed by atoms with Gasteiger partial charge in [0, 0.05) is 37.1 Å². The van der Waals surface area contributed by atoms with Crippen LogP contribution in [0.3, 0.4) is 0 Å². The number of aromatic nitrogens is 3. The SMILES string of the molecule is Cn1ccc(CNCc2nc(C(C)(C)C)cs2)n1. The Labute approximate surface area is 112 Å². The van der Waals surface area contributed by atoms with Crippen molar-refractivity contribution in [2.24, 2.45) is 7.05 Å². The lowest BCUT2D eigenvalue weighted by atomic mass is 9.93. The van der Waals surface area contributed by atoms with Crippen molar-refractivity contribution < 1.29 is 0 Å². The third-order valence-corrected chi connectivity index (χ3v) is 3.52. The maximum Gasteiger partial charge on any atom is 0.107 e. The molecule has 0 saturated carbocycles. The zero-order valence-electron chi connectivity index (χ0n) is 11.4. The zero-order chi connectivity index (χ0) is 13.2. The molecule has 18 heavy (non-hydrogen) atoms. The Morgan fingerprint density at radius 1 is 1.33 bits per heavy atom. The quantitative estimate of drug-likeness (QED) is 0.922. The average molecular weight is 264 g/mol. The Kier molecular flexibility index (Phi) is 3.82. The van der Waals surface area contributed by atoms with Gasteiger partial charge in [-0.05, 0) is 6.07 Å². The molecule has 0 bridgehead atoms. The summed E-state index contributed by atoms with van der Waals surface area (Å²) in [5.41, 5.74) is 2.36. The van der Waals surface area contributed by atoms with Gasteiger partial charge in [-0.1, -0.05) is 20.8 Å². The van der Waals surface area contributed by atoms with E-state index in [1.54, 1.807) is 11.3 Å². The predicted molar refractivity (Wildman–Crippen MR) is 74.6 cm³/mol. The molecular formula is C13H20N4S. The number of hydrogen-bond donors (Lipinski definition) is 1. The van der Waals surface area contributed by atoms with Crippen molar-refractivity contribution in [2.75, 3.05) is 0 Å². The van der Waals surface area contributed by atoms with Crippen LogP contribution in [-0.2, 0) is 25.6 Å². The molecule has 2 aromatic heterocycles. The van der Waals surface area contributed by atoms with E-state index in [0.29, 0.717) is 0 Å². The molecule has 0 aliphatic heterocycles. The lowest BCUT2D eigenvalue weighted by molar-refractivity contribution is 0.567. The highest BCUT2D eigenvalue weighted by atomic mass is 32.1. The summed E-state index contributed by atoms with van der Waals surface area (Å²) in [6, 6.07) is 2.02. The fraction of sp³-hybridized carbons (Fsp3) is 0.538. The van der Waals surface area contributed by atoms with Crippen molar-refractivity contribution in [3.8, 4) is 0 Å². The number of thiazole rings is 1. The summed E-state index contributed by atoms with van der Waals surface area (Å²) in [7, 11) is 1.93. The van der Waals surface area contributed by atoms with Crippen LogP contribution in [0.5, 0.6) is 0 Å². The fourth-order valence-electron chi connectivity index (χ4n) is 1.59. The molecule has 0 aromatic carbocycles. The van der Waals surface area contributed by atoms with E-state index < -0.39 is 0 Å². The third-order valence-electron chi connectivity index (χ3n) is 2.67. The first kappa shape index (κ1) is 13.2. The topological polar surface area (TPSA) is 42.7 Å². The van der Waals surface area contributed by atoms with E-state index in [4.69, 9.17) is 0 Å². The van der Waals surface area contributed by atoms with Gasteiger partial charge in [-0.3, -0.25) is 4.68 Å². The second-order valence-corrected chi connectivity index (χ2v) is 6.40. The molecule has 0 spiro atoms. The van der Waals surface area contributed by atoms with Crippen LogP contribution in [0.4, 0.5) is 0 Å². The van der Waals surface area contributed by atoms with Crippen molar-refractivity contribution in [3.05, 3.63) is 34.0 Å². The molecule has 5 heteroatoms. The molecule has 1 N–H and O–H groups in total. The van der Waals surface area contributed by atoms with Crippen LogP contribution in [0, 0.1) is 0 Å². The zero-order valence-corrected chi connectivity index (χ0v) is 12.2. The van der Waals surface area contributed by atoms with Gasteiger partial charge in [0.05, 0.1) is 11.4 Å². The van der Waals surface area contributed by atoms with E-state index in [0.717, 1.165) is 23.8 Å². The van der Waals surface area contributed by atoms with E-state index >= 15 is 0 Å². The fourth-order valence-corrected chi connectivity index (χ4v) is 2.58. The molecule has 0 atom stereocenters. The molecule has 0 unspecified atom stereocenters. The maximum atomic E-state index is 4.65. The maximum absolute atomic E-state index is 4.65. The minimum Gasteiger partial charge on any atom is -0.305 e. The van der Waals surface area contributed by atoms with Crippen molar-refractivity contribution in [1.82, 2.24) is 20.1 Å². The van der Waals surface area contributed by atoms with E-state index in [-0.39, 0.29) is 5.41 Å². The number of rotatable bonds is 4. The molecule has 2 aromatic rings. The Bertz CT molecular complexity index is 507. The lowest BCUT2D eigenvalue weighted by Gasteiger charge is -2.14. The average Bonchev–Trinajstić information content (AvgIpc) is 2.87. The van der Waals surface area contributed by atoms with Crippen LogP contribution < -0.4 is 5.32 Å². The Hall–Kier alpha value is -1.20. The minimum atomic E-state index is 0.135. The molecule has 0 saturated heterocycles. The van der Waals surface area contributed by atoms with Gasteiger partial charge in [0.25, 0.3) is 0 Å². The van der Waals surface area contributed by atoms with Crippen LogP contribution in [0.2, 0.25) is 0 Å².